The molecule has 0 saturated carbocycles. The molecular weight excluding hydrogens is 266 g/mol. The molecule has 5 nitrogen and oxygen atoms in total. The number of aromatic hydroxyl groups is 1. The second-order valence-electron chi connectivity index (χ2n) is 5.50. The summed E-state index contributed by atoms with van der Waals surface area (Å²) in [7, 11) is 0. The Morgan fingerprint density at radius 3 is 2.43 bits per heavy atom. The molecule has 1 saturated heterocycles. The van der Waals surface area contributed by atoms with Crippen molar-refractivity contribution in [1.82, 2.24) is 9.97 Å². The number of aromatic nitrogens is 2. The highest BCUT2D eigenvalue weighted by Gasteiger charge is 2.18. The van der Waals surface area contributed by atoms with Crippen LogP contribution in [0.2, 0.25) is 0 Å². The minimum atomic E-state index is -0.299. The predicted octanol–water partition coefficient (Wildman–Crippen LogP) is 2.44. The largest absolute Gasteiger partial charge is 0.493 e. The van der Waals surface area contributed by atoms with Gasteiger partial charge in [0.15, 0.2) is 0 Å². The highest BCUT2D eigenvalue weighted by molar-refractivity contribution is 5.68. The Morgan fingerprint density at radius 1 is 1.14 bits per heavy atom. The van der Waals surface area contributed by atoms with Crippen LogP contribution in [0, 0.1) is 6.92 Å². The van der Waals surface area contributed by atoms with Crippen LogP contribution in [0.5, 0.6) is 5.88 Å². The van der Waals surface area contributed by atoms with Gasteiger partial charge in [0.05, 0.1) is 0 Å². The van der Waals surface area contributed by atoms with Crippen LogP contribution in [-0.2, 0) is 0 Å². The van der Waals surface area contributed by atoms with E-state index in [0.29, 0.717) is 11.5 Å². The molecule has 1 aliphatic heterocycles. The number of nitrogens with zero attached hydrogens (tertiary/aromatic N) is 2. The molecule has 0 aliphatic carbocycles. The van der Waals surface area contributed by atoms with Crippen LogP contribution >= 0.6 is 0 Å². The zero-order chi connectivity index (χ0) is 14.8. The normalized spacial score (nSPS) is 15.2. The predicted molar refractivity (Wildman–Crippen MR) is 82.8 cm³/mol. The maximum Gasteiger partial charge on any atom is 0.264 e. The van der Waals surface area contributed by atoms with E-state index < -0.39 is 0 Å². The van der Waals surface area contributed by atoms with Crippen molar-refractivity contribution < 1.29 is 5.11 Å². The van der Waals surface area contributed by atoms with Gasteiger partial charge in [-0.2, -0.15) is 4.98 Å². The molecule has 110 valence electrons. The molecule has 2 heterocycles. The molecule has 0 radical (unpaired) electrons. The molecule has 0 amide bonds. The molecule has 1 aromatic carbocycles. The summed E-state index contributed by atoms with van der Waals surface area (Å²) >= 11 is 0. The minimum Gasteiger partial charge on any atom is -0.493 e. The second kappa shape index (κ2) is 5.60. The van der Waals surface area contributed by atoms with Gasteiger partial charge in [-0.05, 0) is 31.7 Å². The molecule has 1 fully saturated rings. The monoisotopic (exact) mass is 285 g/mol. The number of anilines is 1. The molecule has 0 atom stereocenters. The highest BCUT2D eigenvalue weighted by atomic mass is 16.3. The third kappa shape index (κ3) is 2.77. The quantitative estimate of drug-likeness (QED) is 0.889. The zero-order valence-electron chi connectivity index (χ0n) is 12.1. The molecule has 0 bridgehead atoms. The van der Waals surface area contributed by atoms with E-state index in [4.69, 9.17) is 0 Å². The topological polar surface area (TPSA) is 69.2 Å². The van der Waals surface area contributed by atoms with E-state index in [1.807, 2.05) is 36.1 Å². The lowest BCUT2D eigenvalue weighted by Gasteiger charge is -2.27. The zero-order valence-corrected chi connectivity index (χ0v) is 12.1. The van der Waals surface area contributed by atoms with Gasteiger partial charge in [0.2, 0.25) is 11.8 Å². The van der Waals surface area contributed by atoms with Gasteiger partial charge in [0.25, 0.3) is 5.56 Å². The average Bonchev–Trinajstić information content (AvgIpc) is 2.49. The third-order valence-electron chi connectivity index (χ3n) is 3.88. The molecule has 5 heteroatoms. The number of hydrogen-bond donors (Lipinski definition) is 2. The summed E-state index contributed by atoms with van der Waals surface area (Å²) in [5, 5.41) is 10.2. The van der Waals surface area contributed by atoms with E-state index in [1.54, 1.807) is 0 Å². The first-order chi connectivity index (χ1) is 10.1. The van der Waals surface area contributed by atoms with Gasteiger partial charge in [-0.1, -0.05) is 29.8 Å². The summed E-state index contributed by atoms with van der Waals surface area (Å²) in [4.78, 5) is 21.3. The number of aryl methyl sites for hydroxylation is 1. The number of piperidine rings is 1. The Morgan fingerprint density at radius 2 is 1.81 bits per heavy atom. The molecule has 3 rings (SSSR count). The van der Waals surface area contributed by atoms with Crippen LogP contribution in [0.4, 0.5) is 5.95 Å². The number of H-pyrrole nitrogens is 1. The maximum atomic E-state index is 12.3. The van der Waals surface area contributed by atoms with Gasteiger partial charge in [-0.15, -0.1) is 0 Å². The van der Waals surface area contributed by atoms with E-state index in [1.165, 1.54) is 6.42 Å². The van der Waals surface area contributed by atoms with Gasteiger partial charge >= 0.3 is 0 Å². The standard InChI is InChI=1S/C16H19N3O2/c1-11-5-7-12(8-6-11)13-14(20)17-16(18-15(13)21)19-9-3-2-4-10-19/h5-8H,2-4,9-10H2,1H3,(H2,17,18,20,21). The van der Waals surface area contributed by atoms with Crippen molar-refractivity contribution in [2.24, 2.45) is 0 Å². The van der Waals surface area contributed by atoms with E-state index in [2.05, 4.69) is 9.97 Å². The van der Waals surface area contributed by atoms with Gasteiger partial charge in [0, 0.05) is 13.1 Å². The van der Waals surface area contributed by atoms with Crippen LogP contribution in [0.25, 0.3) is 11.1 Å². The molecule has 0 unspecified atom stereocenters. The first kappa shape index (κ1) is 13.7. The van der Waals surface area contributed by atoms with Crippen LogP contribution in [0.3, 0.4) is 0 Å². The van der Waals surface area contributed by atoms with Gasteiger partial charge < -0.3 is 10.0 Å². The SMILES string of the molecule is Cc1ccc(-c2c(O)nc(N3CCCCC3)[nH]c2=O)cc1. The lowest BCUT2D eigenvalue weighted by atomic mass is 10.1. The van der Waals surface area contributed by atoms with Crippen LogP contribution in [0.1, 0.15) is 24.8 Å². The van der Waals surface area contributed by atoms with Crippen LogP contribution < -0.4 is 10.5 Å². The Hall–Kier alpha value is -2.30. The second-order valence-corrected chi connectivity index (χ2v) is 5.50. The summed E-state index contributed by atoms with van der Waals surface area (Å²) in [6.45, 7) is 3.71. The maximum absolute atomic E-state index is 12.3. The Kier molecular flexibility index (Phi) is 3.64. The minimum absolute atomic E-state index is 0.205. The summed E-state index contributed by atoms with van der Waals surface area (Å²) in [5.41, 5.74) is 1.72. The first-order valence-corrected chi connectivity index (χ1v) is 7.30. The van der Waals surface area contributed by atoms with Gasteiger partial charge in [0.1, 0.15) is 5.56 Å². The lowest BCUT2D eigenvalue weighted by molar-refractivity contribution is 0.451. The number of nitrogens with one attached hydrogen (secondary N) is 1. The van der Waals surface area contributed by atoms with Crippen molar-refractivity contribution in [3.63, 3.8) is 0 Å². The summed E-state index contributed by atoms with van der Waals surface area (Å²) in [6, 6.07) is 7.46. The van der Waals surface area contributed by atoms with Crippen molar-refractivity contribution >= 4 is 5.95 Å². The molecular formula is C16H19N3O2. The lowest BCUT2D eigenvalue weighted by Crippen LogP contribution is -2.32. The van der Waals surface area contributed by atoms with Gasteiger partial charge in [-0.3, -0.25) is 9.78 Å². The number of rotatable bonds is 2. The van der Waals surface area contributed by atoms with E-state index in [9.17, 15) is 9.90 Å². The fourth-order valence-electron chi connectivity index (χ4n) is 2.69. The average molecular weight is 285 g/mol. The molecule has 2 N–H and O–H groups in total. The van der Waals surface area contributed by atoms with Crippen LogP contribution in [0.15, 0.2) is 29.1 Å². The Labute approximate surface area is 123 Å². The van der Waals surface area contributed by atoms with Crippen molar-refractivity contribution in [3.05, 3.63) is 40.2 Å². The van der Waals surface area contributed by atoms with E-state index in [-0.39, 0.29) is 17.0 Å². The Balaban J connectivity index is 2.00. The fraction of sp³-hybridized carbons (Fsp3) is 0.375. The molecule has 1 aromatic heterocycles. The highest BCUT2D eigenvalue weighted by Crippen LogP contribution is 2.25. The number of aromatic amines is 1. The first-order valence-electron chi connectivity index (χ1n) is 7.30. The summed E-state index contributed by atoms with van der Waals surface area (Å²) in [6.07, 6.45) is 3.38. The van der Waals surface area contributed by atoms with Crippen LogP contribution in [-0.4, -0.2) is 28.2 Å². The van der Waals surface area contributed by atoms with Crippen molar-refractivity contribution in [2.45, 2.75) is 26.2 Å². The number of hydrogen-bond acceptors (Lipinski definition) is 4. The molecule has 0 spiro atoms. The molecule has 21 heavy (non-hydrogen) atoms. The third-order valence-corrected chi connectivity index (χ3v) is 3.88. The van der Waals surface area contributed by atoms with Gasteiger partial charge in [-0.25, -0.2) is 0 Å². The smallest absolute Gasteiger partial charge is 0.264 e. The van der Waals surface area contributed by atoms with E-state index in [0.717, 1.165) is 31.5 Å². The summed E-state index contributed by atoms with van der Waals surface area (Å²) < 4.78 is 0. The van der Waals surface area contributed by atoms with E-state index >= 15 is 0 Å². The van der Waals surface area contributed by atoms with Crippen molar-refractivity contribution in [3.8, 4) is 17.0 Å². The van der Waals surface area contributed by atoms with Crippen molar-refractivity contribution in [2.75, 3.05) is 18.0 Å². The molecule has 2 aromatic rings. The fourth-order valence-corrected chi connectivity index (χ4v) is 2.69. The van der Waals surface area contributed by atoms with Crippen molar-refractivity contribution in [1.29, 1.82) is 0 Å². The number of benzene rings is 1. The summed E-state index contributed by atoms with van der Waals surface area (Å²) in [5.74, 6) is 0.260. The Bertz CT molecular complexity index is 686. The molecule has 1 aliphatic rings.